The van der Waals surface area contributed by atoms with Gasteiger partial charge in [0.25, 0.3) is 0 Å². The van der Waals surface area contributed by atoms with Crippen molar-refractivity contribution in [3.63, 3.8) is 0 Å². The Bertz CT molecular complexity index is 520. The number of nitrogens with one attached hydrogen (secondary N) is 1. The lowest BCUT2D eigenvalue weighted by molar-refractivity contribution is 0.0240. The number of carbonyl (C=O) groups is 1. The fourth-order valence-corrected chi connectivity index (χ4v) is 2.87. The molecule has 1 N–H and O–H groups in total. The molecule has 1 aromatic heterocycles. The first-order valence-corrected chi connectivity index (χ1v) is 8.10. The van der Waals surface area contributed by atoms with Crippen molar-refractivity contribution in [1.82, 2.24) is 9.88 Å². The predicted molar refractivity (Wildman–Crippen MR) is 89.6 cm³/mol. The van der Waals surface area contributed by atoms with E-state index < -0.39 is 5.60 Å². The summed E-state index contributed by atoms with van der Waals surface area (Å²) in [6.45, 7) is 15.3. The summed E-state index contributed by atoms with van der Waals surface area (Å²) in [6.07, 6.45) is 1.90. The highest BCUT2D eigenvalue weighted by molar-refractivity contribution is 5.68. The van der Waals surface area contributed by atoms with E-state index in [2.05, 4.69) is 36.9 Å². The summed E-state index contributed by atoms with van der Waals surface area (Å²) in [6, 6.07) is 0. The third-order valence-electron chi connectivity index (χ3n) is 4.02. The lowest BCUT2D eigenvalue weighted by Crippen LogP contribution is -2.50. The monoisotopic (exact) mass is 307 g/mol. The molecule has 22 heavy (non-hydrogen) atoms. The Morgan fingerprint density at radius 2 is 1.82 bits per heavy atom. The predicted octanol–water partition coefficient (Wildman–Crippen LogP) is 3.50. The molecule has 1 aliphatic heterocycles. The molecule has 1 saturated heterocycles. The van der Waals surface area contributed by atoms with E-state index in [9.17, 15) is 4.79 Å². The minimum absolute atomic E-state index is 0.210. The zero-order valence-corrected chi connectivity index (χ0v) is 14.7. The van der Waals surface area contributed by atoms with E-state index in [1.54, 1.807) is 4.90 Å². The normalized spacial score (nSPS) is 16.3. The molecule has 1 aromatic rings. The standard InChI is InChI=1S/C17H29N3O2/c1-12(2)14-11-18-15(13(14)3)19-7-9-20(10-8-19)16(21)22-17(4,5)6/h11-12,18H,7-10H2,1-6H3. The number of piperazine rings is 1. The number of aromatic nitrogens is 1. The van der Waals surface area contributed by atoms with E-state index in [0.717, 1.165) is 13.1 Å². The van der Waals surface area contributed by atoms with Crippen LogP contribution in [0.5, 0.6) is 0 Å². The highest BCUT2D eigenvalue weighted by atomic mass is 16.6. The Balaban J connectivity index is 1.96. The third kappa shape index (κ3) is 3.76. The van der Waals surface area contributed by atoms with Gasteiger partial charge >= 0.3 is 6.09 Å². The van der Waals surface area contributed by atoms with Gasteiger partial charge in [-0.15, -0.1) is 0 Å². The second kappa shape index (κ2) is 6.23. The molecule has 0 atom stereocenters. The fraction of sp³-hybridized carbons (Fsp3) is 0.706. The maximum absolute atomic E-state index is 12.1. The second-order valence-electron chi connectivity index (χ2n) is 7.33. The summed E-state index contributed by atoms with van der Waals surface area (Å²) in [5.41, 5.74) is 2.25. The molecule has 2 heterocycles. The molecule has 1 fully saturated rings. The number of anilines is 1. The molecule has 0 saturated carbocycles. The number of aromatic amines is 1. The Kier molecular flexibility index (Phi) is 4.73. The highest BCUT2D eigenvalue weighted by Gasteiger charge is 2.27. The lowest BCUT2D eigenvalue weighted by atomic mass is 10.0. The average molecular weight is 307 g/mol. The van der Waals surface area contributed by atoms with E-state index in [4.69, 9.17) is 4.74 Å². The summed E-state index contributed by atoms with van der Waals surface area (Å²) in [7, 11) is 0. The van der Waals surface area contributed by atoms with Crippen molar-refractivity contribution in [3.05, 3.63) is 17.3 Å². The molecule has 0 aliphatic carbocycles. The first-order valence-electron chi connectivity index (χ1n) is 8.10. The van der Waals surface area contributed by atoms with Gasteiger partial charge in [-0.25, -0.2) is 4.79 Å². The number of hydrogen-bond donors (Lipinski definition) is 1. The van der Waals surface area contributed by atoms with Gasteiger partial charge in [-0.1, -0.05) is 13.8 Å². The Labute approximate surface area is 133 Å². The number of rotatable bonds is 2. The van der Waals surface area contributed by atoms with Crippen LogP contribution in [0.4, 0.5) is 10.6 Å². The molecule has 0 radical (unpaired) electrons. The Hall–Kier alpha value is -1.65. The van der Waals surface area contributed by atoms with Gasteiger partial charge in [-0.05, 0) is 44.7 Å². The maximum atomic E-state index is 12.1. The first kappa shape index (κ1) is 16.7. The molecule has 1 amide bonds. The molecule has 2 rings (SSSR count). The Morgan fingerprint density at radius 3 is 2.27 bits per heavy atom. The van der Waals surface area contributed by atoms with Crippen LogP contribution in [-0.2, 0) is 4.74 Å². The van der Waals surface area contributed by atoms with Crippen molar-refractivity contribution in [1.29, 1.82) is 0 Å². The molecule has 0 spiro atoms. The van der Waals surface area contributed by atoms with Gasteiger partial charge in [0.05, 0.1) is 0 Å². The van der Waals surface area contributed by atoms with Crippen molar-refractivity contribution in [2.75, 3.05) is 31.1 Å². The van der Waals surface area contributed by atoms with E-state index >= 15 is 0 Å². The van der Waals surface area contributed by atoms with Crippen LogP contribution in [0.25, 0.3) is 0 Å². The van der Waals surface area contributed by atoms with Gasteiger partial charge < -0.3 is 19.5 Å². The highest BCUT2D eigenvalue weighted by Crippen LogP contribution is 2.28. The van der Waals surface area contributed by atoms with E-state index in [1.807, 2.05) is 20.8 Å². The number of nitrogens with zero attached hydrogens (tertiary/aromatic N) is 2. The average Bonchev–Trinajstić information content (AvgIpc) is 2.79. The van der Waals surface area contributed by atoms with E-state index in [-0.39, 0.29) is 6.09 Å². The van der Waals surface area contributed by atoms with Crippen LogP contribution in [-0.4, -0.2) is 47.8 Å². The van der Waals surface area contributed by atoms with E-state index in [0.29, 0.717) is 19.0 Å². The molecule has 0 bridgehead atoms. The van der Waals surface area contributed by atoms with E-state index in [1.165, 1.54) is 16.9 Å². The van der Waals surface area contributed by atoms with Gasteiger partial charge in [-0.3, -0.25) is 0 Å². The number of carbonyl (C=O) groups excluding carboxylic acids is 1. The minimum atomic E-state index is -0.434. The lowest BCUT2D eigenvalue weighted by Gasteiger charge is -2.36. The van der Waals surface area contributed by atoms with Gasteiger partial charge in [0.2, 0.25) is 0 Å². The summed E-state index contributed by atoms with van der Waals surface area (Å²) in [5.74, 6) is 1.71. The molecule has 1 aliphatic rings. The summed E-state index contributed by atoms with van der Waals surface area (Å²) in [5, 5.41) is 0. The first-order chi connectivity index (χ1) is 10.2. The third-order valence-corrected chi connectivity index (χ3v) is 4.02. The van der Waals surface area contributed by atoms with Crippen LogP contribution >= 0.6 is 0 Å². The van der Waals surface area contributed by atoms with Crippen molar-refractivity contribution in [2.24, 2.45) is 0 Å². The number of hydrogen-bond acceptors (Lipinski definition) is 3. The molecule has 0 unspecified atom stereocenters. The van der Waals surface area contributed by atoms with Gasteiger partial charge in [0.15, 0.2) is 0 Å². The quantitative estimate of drug-likeness (QED) is 0.909. The smallest absolute Gasteiger partial charge is 0.410 e. The van der Waals surface area contributed by atoms with Crippen LogP contribution in [0.3, 0.4) is 0 Å². The van der Waals surface area contributed by atoms with Crippen molar-refractivity contribution >= 4 is 11.9 Å². The largest absolute Gasteiger partial charge is 0.444 e. The van der Waals surface area contributed by atoms with Crippen molar-refractivity contribution in [3.8, 4) is 0 Å². The molecule has 5 heteroatoms. The van der Waals surface area contributed by atoms with Crippen LogP contribution in [0, 0.1) is 6.92 Å². The minimum Gasteiger partial charge on any atom is -0.444 e. The summed E-state index contributed by atoms with van der Waals surface area (Å²) in [4.78, 5) is 19.6. The van der Waals surface area contributed by atoms with Crippen molar-refractivity contribution in [2.45, 2.75) is 53.1 Å². The summed E-state index contributed by atoms with van der Waals surface area (Å²) < 4.78 is 5.44. The SMILES string of the molecule is Cc1c(C(C)C)c[nH]c1N1CCN(C(=O)OC(C)(C)C)CC1. The zero-order chi connectivity index (χ0) is 16.5. The maximum Gasteiger partial charge on any atom is 0.410 e. The van der Waals surface area contributed by atoms with Crippen LogP contribution in [0.15, 0.2) is 6.20 Å². The number of H-pyrrole nitrogens is 1. The van der Waals surface area contributed by atoms with Crippen molar-refractivity contribution < 1.29 is 9.53 Å². The van der Waals surface area contributed by atoms with Gasteiger partial charge in [-0.2, -0.15) is 0 Å². The summed E-state index contributed by atoms with van der Waals surface area (Å²) >= 11 is 0. The van der Waals surface area contributed by atoms with Gasteiger partial charge in [0, 0.05) is 32.4 Å². The molecule has 0 aromatic carbocycles. The Morgan fingerprint density at radius 1 is 1.23 bits per heavy atom. The molecule has 124 valence electrons. The van der Waals surface area contributed by atoms with Crippen LogP contribution in [0.2, 0.25) is 0 Å². The van der Waals surface area contributed by atoms with Crippen LogP contribution < -0.4 is 4.90 Å². The number of amides is 1. The molecular formula is C17H29N3O2. The van der Waals surface area contributed by atoms with Gasteiger partial charge in [0.1, 0.15) is 11.4 Å². The zero-order valence-electron chi connectivity index (χ0n) is 14.7. The van der Waals surface area contributed by atoms with Crippen LogP contribution in [0.1, 0.15) is 51.7 Å². The number of ether oxygens (including phenoxy) is 1. The topological polar surface area (TPSA) is 48.6 Å². The molecule has 5 nitrogen and oxygen atoms in total. The molecular weight excluding hydrogens is 278 g/mol. The fourth-order valence-electron chi connectivity index (χ4n) is 2.87. The second-order valence-corrected chi connectivity index (χ2v) is 7.33.